The zero-order valence-electron chi connectivity index (χ0n) is 9.76. The van der Waals surface area contributed by atoms with Gasteiger partial charge in [-0.15, -0.1) is 0 Å². The number of aliphatic hydroxyl groups excluding tert-OH is 1. The summed E-state index contributed by atoms with van der Waals surface area (Å²) < 4.78 is 0. The van der Waals surface area contributed by atoms with Gasteiger partial charge in [0.05, 0.1) is 6.10 Å². The van der Waals surface area contributed by atoms with E-state index in [0.29, 0.717) is 11.7 Å². The third-order valence-corrected chi connectivity index (χ3v) is 3.70. The molecule has 1 heterocycles. The normalized spacial score (nSPS) is 27.6. The van der Waals surface area contributed by atoms with Gasteiger partial charge in [0.1, 0.15) is 5.82 Å². The highest BCUT2D eigenvalue weighted by atomic mass is 16.3. The number of nitrogens with zero attached hydrogens (tertiary/aromatic N) is 1. The Morgan fingerprint density at radius 1 is 1.38 bits per heavy atom. The van der Waals surface area contributed by atoms with Gasteiger partial charge >= 0.3 is 0 Å². The van der Waals surface area contributed by atoms with Crippen molar-refractivity contribution < 1.29 is 5.11 Å². The van der Waals surface area contributed by atoms with Crippen LogP contribution in [0.2, 0.25) is 0 Å². The van der Waals surface area contributed by atoms with Crippen molar-refractivity contribution in [2.24, 2.45) is 11.8 Å². The third kappa shape index (κ3) is 2.35. The van der Waals surface area contributed by atoms with Crippen molar-refractivity contribution in [3.63, 3.8) is 0 Å². The average molecular weight is 220 g/mol. The Morgan fingerprint density at radius 3 is 2.69 bits per heavy atom. The number of hydrogen-bond acceptors (Lipinski definition) is 3. The molecule has 0 bridgehead atoms. The number of aliphatic hydroxyl groups is 1. The molecule has 0 amide bonds. The predicted octanol–water partition coefficient (Wildman–Crippen LogP) is 2.52. The molecule has 2 rings (SSSR count). The zero-order valence-corrected chi connectivity index (χ0v) is 9.76. The first-order chi connectivity index (χ1) is 7.68. The summed E-state index contributed by atoms with van der Waals surface area (Å²) in [5, 5.41) is 10.3. The van der Waals surface area contributed by atoms with E-state index in [0.717, 1.165) is 24.3 Å². The number of nitrogen functional groups attached to an aromatic ring is 1. The van der Waals surface area contributed by atoms with Crippen LogP contribution in [-0.4, -0.2) is 10.1 Å². The average Bonchev–Trinajstić information content (AvgIpc) is 2.30. The van der Waals surface area contributed by atoms with Crippen molar-refractivity contribution in [2.75, 3.05) is 5.73 Å². The molecular weight excluding hydrogens is 200 g/mol. The molecule has 1 aliphatic rings. The zero-order chi connectivity index (χ0) is 11.5. The maximum atomic E-state index is 10.3. The molecule has 3 nitrogen and oxygen atoms in total. The molecule has 1 atom stereocenters. The maximum Gasteiger partial charge on any atom is 0.129 e. The summed E-state index contributed by atoms with van der Waals surface area (Å²) in [4.78, 5) is 4.03. The number of nitrogens with two attached hydrogens (primary N) is 1. The van der Waals surface area contributed by atoms with Crippen LogP contribution >= 0.6 is 0 Å². The molecule has 1 fully saturated rings. The second kappa shape index (κ2) is 4.83. The van der Waals surface area contributed by atoms with Crippen LogP contribution in [0, 0.1) is 11.8 Å². The lowest BCUT2D eigenvalue weighted by Gasteiger charge is -2.30. The summed E-state index contributed by atoms with van der Waals surface area (Å²) in [6.45, 7) is 2.28. The second-order valence-corrected chi connectivity index (χ2v) is 4.94. The van der Waals surface area contributed by atoms with Gasteiger partial charge in [-0.3, -0.25) is 0 Å². The fourth-order valence-corrected chi connectivity index (χ4v) is 2.54. The van der Waals surface area contributed by atoms with Gasteiger partial charge in [0.2, 0.25) is 0 Å². The topological polar surface area (TPSA) is 59.1 Å². The summed E-state index contributed by atoms with van der Waals surface area (Å²) in [7, 11) is 0. The molecule has 1 saturated carbocycles. The minimum Gasteiger partial charge on any atom is -0.388 e. The summed E-state index contributed by atoms with van der Waals surface area (Å²) >= 11 is 0. The number of hydrogen-bond donors (Lipinski definition) is 2. The van der Waals surface area contributed by atoms with Gasteiger partial charge in [0.25, 0.3) is 0 Å². The predicted molar refractivity (Wildman–Crippen MR) is 64.7 cm³/mol. The van der Waals surface area contributed by atoms with E-state index in [2.05, 4.69) is 11.9 Å². The number of pyridine rings is 1. The minimum absolute atomic E-state index is 0.350. The Balaban J connectivity index is 2.07. The molecular formula is C13H20N2O. The first-order valence-electron chi connectivity index (χ1n) is 6.07. The smallest absolute Gasteiger partial charge is 0.129 e. The van der Waals surface area contributed by atoms with E-state index in [1.54, 1.807) is 6.20 Å². The maximum absolute atomic E-state index is 10.3. The lowest BCUT2D eigenvalue weighted by Crippen LogP contribution is -2.20. The standard InChI is InChI=1S/C13H20N2O/c1-9-4-6-10(7-5-9)12(16)11-3-2-8-15-13(11)14/h2-3,8-10,12,16H,4-7H2,1H3,(H2,14,15). The molecule has 3 heteroatoms. The van der Waals surface area contributed by atoms with Crippen molar-refractivity contribution in [1.29, 1.82) is 0 Å². The van der Waals surface area contributed by atoms with Crippen LogP contribution in [0.1, 0.15) is 44.3 Å². The first kappa shape index (κ1) is 11.4. The summed E-state index contributed by atoms with van der Waals surface area (Å²) in [5.41, 5.74) is 6.58. The largest absolute Gasteiger partial charge is 0.388 e. The van der Waals surface area contributed by atoms with E-state index in [1.165, 1.54) is 12.8 Å². The molecule has 1 unspecified atom stereocenters. The Morgan fingerprint density at radius 2 is 2.06 bits per heavy atom. The Bertz CT molecular complexity index is 346. The summed E-state index contributed by atoms with van der Waals surface area (Å²) in [6, 6.07) is 3.71. The van der Waals surface area contributed by atoms with E-state index in [1.807, 2.05) is 12.1 Å². The van der Waals surface area contributed by atoms with Crippen LogP contribution < -0.4 is 5.73 Å². The molecule has 16 heavy (non-hydrogen) atoms. The third-order valence-electron chi connectivity index (χ3n) is 3.70. The van der Waals surface area contributed by atoms with Crippen molar-refractivity contribution in [3.8, 4) is 0 Å². The molecule has 0 spiro atoms. The molecule has 0 saturated heterocycles. The van der Waals surface area contributed by atoms with Gasteiger partial charge in [-0.1, -0.05) is 25.8 Å². The highest BCUT2D eigenvalue weighted by molar-refractivity contribution is 5.40. The van der Waals surface area contributed by atoms with Crippen molar-refractivity contribution >= 4 is 5.82 Å². The molecule has 1 aromatic rings. The highest BCUT2D eigenvalue weighted by Crippen LogP contribution is 2.37. The van der Waals surface area contributed by atoms with Gasteiger partial charge in [-0.25, -0.2) is 4.98 Å². The first-order valence-corrected chi connectivity index (χ1v) is 6.07. The fourth-order valence-electron chi connectivity index (χ4n) is 2.54. The highest BCUT2D eigenvalue weighted by Gasteiger charge is 2.26. The minimum atomic E-state index is -0.443. The molecule has 1 aromatic heterocycles. The number of rotatable bonds is 2. The number of anilines is 1. The van der Waals surface area contributed by atoms with Crippen LogP contribution in [0.15, 0.2) is 18.3 Å². The van der Waals surface area contributed by atoms with E-state index in [9.17, 15) is 5.11 Å². The Hall–Kier alpha value is -1.09. The van der Waals surface area contributed by atoms with Gasteiger partial charge in [0, 0.05) is 11.8 Å². The van der Waals surface area contributed by atoms with E-state index < -0.39 is 6.10 Å². The monoisotopic (exact) mass is 220 g/mol. The van der Waals surface area contributed by atoms with Crippen molar-refractivity contribution in [1.82, 2.24) is 4.98 Å². The molecule has 1 aliphatic carbocycles. The van der Waals surface area contributed by atoms with Crippen LogP contribution in [0.3, 0.4) is 0 Å². The van der Waals surface area contributed by atoms with Crippen molar-refractivity contribution in [3.05, 3.63) is 23.9 Å². The molecule has 3 N–H and O–H groups in total. The Labute approximate surface area is 96.7 Å². The second-order valence-electron chi connectivity index (χ2n) is 4.94. The molecule has 0 aliphatic heterocycles. The lowest BCUT2D eigenvalue weighted by atomic mass is 9.78. The van der Waals surface area contributed by atoms with E-state index in [4.69, 9.17) is 5.73 Å². The van der Waals surface area contributed by atoms with Crippen LogP contribution in [0.25, 0.3) is 0 Å². The Kier molecular flexibility index (Phi) is 3.44. The van der Waals surface area contributed by atoms with Gasteiger partial charge < -0.3 is 10.8 Å². The van der Waals surface area contributed by atoms with Gasteiger partial charge in [-0.05, 0) is 30.7 Å². The SMILES string of the molecule is CC1CCC(C(O)c2cccnc2N)CC1. The van der Waals surface area contributed by atoms with Crippen LogP contribution in [-0.2, 0) is 0 Å². The van der Waals surface area contributed by atoms with E-state index >= 15 is 0 Å². The van der Waals surface area contributed by atoms with Gasteiger partial charge in [-0.2, -0.15) is 0 Å². The van der Waals surface area contributed by atoms with E-state index in [-0.39, 0.29) is 0 Å². The van der Waals surface area contributed by atoms with Crippen LogP contribution in [0.4, 0.5) is 5.82 Å². The van der Waals surface area contributed by atoms with Crippen molar-refractivity contribution in [2.45, 2.75) is 38.7 Å². The molecule has 88 valence electrons. The number of aromatic nitrogens is 1. The lowest BCUT2D eigenvalue weighted by molar-refractivity contribution is 0.0759. The van der Waals surface area contributed by atoms with Gasteiger partial charge in [0.15, 0.2) is 0 Å². The molecule has 0 radical (unpaired) electrons. The quantitative estimate of drug-likeness (QED) is 0.805. The fraction of sp³-hybridized carbons (Fsp3) is 0.615. The summed E-state index contributed by atoms with van der Waals surface area (Å²) in [5.74, 6) is 1.62. The molecule has 0 aromatic carbocycles. The van der Waals surface area contributed by atoms with Crippen LogP contribution in [0.5, 0.6) is 0 Å². The summed E-state index contributed by atoms with van der Waals surface area (Å²) in [6.07, 6.45) is 5.83.